The summed E-state index contributed by atoms with van der Waals surface area (Å²) >= 11 is 6.15. The Morgan fingerprint density at radius 2 is 1.86 bits per heavy atom. The summed E-state index contributed by atoms with van der Waals surface area (Å²) in [5.74, 6) is 1.35. The first-order valence-electron chi connectivity index (χ1n) is 11.6. The van der Waals surface area contributed by atoms with Gasteiger partial charge in [-0.05, 0) is 35.9 Å². The molecule has 5 rings (SSSR count). The van der Waals surface area contributed by atoms with Gasteiger partial charge in [0.1, 0.15) is 11.6 Å². The zero-order chi connectivity index (χ0) is 25.1. The van der Waals surface area contributed by atoms with E-state index in [1.807, 2.05) is 71.4 Å². The van der Waals surface area contributed by atoms with Crippen LogP contribution in [0.3, 0.4) is 0 Å². The molecule has 182 valence electrons. The predicted molar refractivity (Wildman–Crippen MR) is 139 cm³/mol. The molecule has 0 fully saturated rings. The van der Waals surface area contributed by atoms with E-state index in [1.54, 1.807) is 24.1 Å². The minimum absolute atomic E-state index is 0.0404. The highest BCUT2D eigenvalue weighted by Gasteiger charge is 2.26. The van der Waals surface area contributed by atoms with Crippen LogP contribution in [0.2, 0.25) is 5.02 Å². The van der Waals surface area contributed by atoms with Gasteiger partial charge >= 0.3 is 0 Å². The molecule has 1 aliphatic heterocycles. The summed E-state index contributed by atoms with van der Waals surface area (Å²) in [5.41, 5.74) is 4.05. The fourth-order valence-electron chi connectivity index (χ4n) is 4.28. The van der Waals surface area contributed by atoms with Crippen molar-refractivity contribution in [2.24, 2.45) is 0 Å². The number of fused-ring (bicyclic) bond motifs is 1. The minimum atomic E-state index is -0.175. The summed E-state index contributed by atoms with van der Waals surface area (Å²) in [6.07, 6.45) is 0.382. The van der Waals surface area contributed by atoms with E-state index in [9.17, 15) is 9.59 Å². The van der Waals surface area contributed by atoms with E-state index in [0.717, 1.165) is 34.0 Å². The summed E-state index contributed by atoms with van der Waals surface area (Å²) in [6, 6.07) is 24.3. The molecule has 0 atom stereocenters. The Hall–Kier alpha value is -4.10. The number of amides is 2. The fraction of sp³-hybridized carbons (Fsp3) is 0.179. The largest absolute Gasteiger partial charge is 0.496 e. The molecule has 0 saturated carbocycles. The number of ether oxygens (including phenoxy) is 1. The van der Waals surface area contributed by atoms with Crippen LogP contribution in [-0.2, 0) is 24.4 Å². The number of aryl methyl sites for hydroxylation is 1. The van der Waals surface area contributed by atoms with Crippen LogP contribution in [0.25, 0.3) is 11.3 Å². The number of nitrogens with zero attached hydrogens (tertiary/aromatic N) is 3. The molecule has 0 spiro atoms. The Bertz CT molecular complexity index is 1410. The smallest absolute Gasteiger partial charge is 0.251 e. The Morgan fingerprint density at radius 3 is 2.64 bits per heavy atom. The molecule has 0 unspecified atom stereocenters. The average molecular weight is 501 g/mol. The van der Waals surface area contributed by atoms with Crippen molar-refractivity contribution in [2.75, 3.05) is 12.0 Å². The lowest BCUT2D eigenvalue weighted by Crippen LogP contribution is -2.36. The molecule has 4 aromatic rings. The maximum Gasteiger partial charge on any atom is 0.251 e. The van der Waals surface area contributed by atoms with Gasteiger partial charge in [0.05, 0.1) is 25.9 Å². The van der Waals surface area contributed by atoms with Gasteiger partial charge in [-0.25, -0.2) is 4.68 Å². The number of anilines is 1. The second-order valence-corrected chi connectivity index (χ2v) is 8.98. The Labute approximate surface area is 214 Å². The summed E-state index contributed by atoms with van der Waals surface area (Å²) < 4.78 is 7.20. The van der Waals surface area contributed by atoms with Gasteiger partial charge in [0.2, 0.25) is 5.91 Å². The standard InChI is InChI=1S/C28H25ClN4O3/c1-36-25-8-3-2-5-22(25)17-30-28(35)20-11-9-19(10-12-20)18-32-26-16-24(21-6-4-7-23(29)15-21)31-33(26)14-13-27(32)34/h2-12,15-16H,13-14,17-18H2,1H3,(H,30,35). The number of carbonyl (C=O) groups excluding carboxylic acids is 2. The van der Waals surface area contributed by atoms with Crippen molar-refractivity contribution >= 4 is 29.2 Å². The minimum Gasteiger partial charge on any atom is -0.496 e. The number of aromatic nitrogens is 2. The van der Waals surface area contributed by atoms with E-state index in [0.29, 0.717) is 36.6 Å². The van der Waals surface area contributed by atoms with Crippen LogP contribution in [-0.4, -0.2) is 28.7 Å². The lowest BCUT2D eigenvalue weighted by molar-refractivity contribution is -0.119. The number of carbonyl (C=O) groups is 2. The van der Waals surface area contributed by atoms with E-state index >= 15 is 0 Å². The van der Waals surface area contributed by atoms with E-state index in [1.165, 1.54) is 0 Å². The summed E-state index contributed by atoms with van der Waals surface area (Å²) in [4.78, 5) is 27.2. The van der Waals surface area contributed by atoms with Crippen molar-refractivity contribution in [3.8, 4) is 17.0 Å². The van der Waals surface area contributed by atoms with Gasteiger partial charge in [0.15, 0.2) is 0 Å². The third-order valence-corrected chi connectivity index (χ3v) is 6.42. The highest BCUT2D eigenvalue weighted by Crippen LogP contribution is 2.30. The van der Waals surface area contributed by atoms with Crippen LogP contribution in [0.5, 0.6) is 5.75 Å². The van der Waals surface area contributed by atoms with Gasteiger partial charge in [-0.2, -0.15) is 5.10 Å². The Morgan fingerprint density at radius 1 is 1.06 bits per heavy atom. The first-order chi connectivity index (χ1) is 17.5. The van der Waals surface area contributed by atoms with Crippen LogP contribution in [0.1, 0.15) is 27.9 Å². The van der Waals surface area contributed by atoms with E-state index in [2.05, 4.69) is 10.4 Å². The van der Waals surface area contributed by atoms with Crippen molar-refractivity contribution in [1.82, 2.24) is 15.1 Å². The number of halogens is 1. The van der Waals surface area contributed by atoms with Crippen LogP contribution >= 0.6 is 11.6 Å². The fourth-order valence-corrected chi connectivity index (χ4v) is 4.47. The Kier molecular flexibility index (Phi) is 6.73. The number of rotatable bonds is 7. The lowest BCUT2D eigenvalue weighted by atomic mass is 10.1. The van der Waals surface area contributed by atoms with Gasteiger partial charge in [-0.1, -0.05) is 54.1 Å². The second kappa shape index (κ2) is 10.3. The number of hydrogen-bond acceptors (Lipinski definition) is 4. The monoisotopic (exact) mass is 500 g/mol. The molecule has 36 heavy (non-hydrogen) atoms. The van der Waals surface area contributed by atoms with Crippen molar-refractivity contribution < 1.29 is 14.3 Å². The van der Waals surface area contributed by atoms with Crippen LogP contribution < -0.4 is 15.0 Å². The molecule has 3 aromatic carbocycles. The molecule has 1 N–H and O–H groups in total. The Balaban J connectivity index is 1.28. The molecule has 0 saturated heterocycles. The molecular weight excluding hydrogens is 476 g/mol. The zero-order valence-electron chi connectivity index (χ0n) is 19.8. The highest BCUT2D eigenvalue weighted by molar-refractivity contribution is 6.30. The van der Waals surface area contributed by atoms with Crippen LogP contribution in [0.4, 0.5) is 5.82 Å². The summed E-state index contributed by atoms with van der Waals surface area (Å²) in [5, 5.41) is 8.25. The van der Waals surface area contributed by atoms with E-state index < -0.39 is 0 Å². The average Bonchev–Trinajstić information content (AvgIpc) is 3.34. The SMILES string of the molecule is COc1ccccc1CNC(=O)c1ccc(CN2C(=O)CCn3nc(-c4cccc(Cl)c4)cc32)cc1. The number of para-hydroxylation sites is 1. The molecule has 7 nitrogen and oxygen atoms in total. The zero-order valence-corrected chi connectivity index (χ0v) is 20.5. The third-order valence-electron chi connectivity index (χ3n) is 6.18. The third kappa shape index (κ3) is 4.97. The maximum atomic E-state index is 12.8. The molecule has 1 aliphatic rings. The molecule has 0 aliphatic carbocycles. The van der Waals surface area contributed by atoms with Crippen LogP contribution in [0.15, 0.2) is 78.9 Å². The lowest BCUT2D eigenvalue weighted by Gasteiger charge is -2.27. The highest BCUT2D eigenvalue weighted by atomic mass is 35.5. The van der Waals surface area contributed by atoms with E-state index in [-0.39, 0.29) is 11.8 Å². The van der Waals surface area contributed by atoms with Gasteiger partial charge in [0, 0.05) is 40.7 Å². The van der Waals surface area contributed by atoms with Gasteiger partial charge in [-0.15, -0.1) is 0 Å². The number of methoxy groups -OCH3 is 1. The maximum absolute atomic E-state index is 12.8. The van der Waals surface area contributed by atoms with Gasteiger partial charge in [-0.3, -0.25) is 14.5 Å². The molecular formula is C28H25ClN4O3. The first kappa shape index (κ1) is 23.6. The molecule has 8 heteroatoms. The number of benzene rings is 3. The van der Waals surface area contributed by atoms with Crippen molar-refractivity contribution in [3.63, 3.8) is 0 Å². The van der Waals surface area contributed by atoms with Crippen LogP contribution in [0, 0.1) is 0 Å². The summed E-state index contributed by atoms with van der Waals surface area (Å²) in [7, 11) is 1.61. The van der Waals surface area contributed by atoms with Gasteiger partial charge in [0.25, 0.3) is 5.91 Å². The molecule has 2 heterocycles. The van der Waals surface area contributed by atoms with Crippen molar-refractivity contribution in [1.29, 1.82) is 0 Å². The normalized spacial score (nSPS) is 12.8. The number of nitrogens with one attached hydrogen (secondary N) is 1. The van der Waals surface area contributed by atoms with Crippen molar-refractivity contribution in [2.45, 2.75) is 26.1 Å². The van der Waals surface area contributed by atoms with Gasteiger partial charge < -0.3 is 10.1 Å². The molecule has 0 radical (unpaired) electrons. The first-order valence-corrected chi connectivity index (χ1v) is 12.0. The summed E-state index contributed by atoms with van der Waals surface area (Å²) in [6.45, 7) is 1.30. The molecule has 1 aromatic heterocycles. The topological polar surface area (TPSA) is 76.5 Å². The predicted octanol–water partition coefficient (Wildman–Crippen LogP) is 5.08. The van der Waals surface area contributed by atoms with E-state index in [4.69, 9.17) is 16.3 Å². The molecule has 0 bridgehead atoms. The molecule has 2 amide bonds. The van der Waals surface area contributed by atoms with Crippen molar-refractivity contribution in [3.05, 3.63) is 101 Å². The second-order valence-electron chi connectivity index (χ2n) is 8.54. The number of hydrogen-bond donors (Lipinski definition) is 1. The quantitative estimate of drug-likeness (QED) is 0.384.